The number of carbonyl (C=O) groups is 1. The van der Waals surface area contributed by atoms with Gasteiger partial charge in [0, 0.05) is 20.6 Å². The maximum atomic E-state index is 13.6. The summed E-state index contributed by atoms with van der Waals surface area (Å²) in [5.41, 5.74) is 0. The summed E-state index contributed by atoms with van der Waals surface area (Å²) < 4.78 is 19.0. The largest absolute Gasteiger partial charge is 0.365 e. The van der Waals surface area contributed by atoms with Crippen molar-refractivity contribution < 1.29 is 13.9 Å². The summed E-state index contributed by atoms with van der Waals surface area (Å²) in [6.07, 6.45) is 1.82. The smallest absolute Gasteiger partial charge is 0.253 e. The first kappa shape index (κ1) is 12.7. The number of anilines is 1. The van der Waals surface area contributed by atoms with Gasteiger partial charge in [-0.2, -0.15) is 0 Å². The number of morpholine rings is 1. The topological polar surface area (TPSA) is 58.6 Å². The van der Waals surface area contributed by atoms with Crippen LogP contribution < -0.4 is 4.90 Å². The van der Waals surface area contributed by atoms with Crippen LogP contribution in [0.2, 0.25) is 0 Å². The van der Waals surface area contributed by atoms with Crippen LogP contribution in [0.15, 0.2) is 12.5 Å². The van der Waals surface area contributed by atoms with Crippen molar-refractivity contribution in [2.45, 2.75) is 6.10 Å². The van der Waals surface area contributed by atoms with E-state index in [1.165, 1.54) is 11.2 Å². The molecule has 1 saturated heterocycles. The molecule has 1 aromatic heterocycles. The van der Waals surface area contributed by atoms with Gasteiger partial charge in [0.2, 0.25) is 0 Å². The van der Waals surface area contributed by atoms with Gasteiger partial charge in [-0.3, -0.25) is 4.79 Å². The Morgan fingerprint density at radius 1 is 1.61 bits per heavy atom. The highest BCUT2D eigenvalue weighted by atomic mass is 19.1. The Morgan fingerprint density at radius 2 is 2.39 bits per heavy atom. The highest BCUT2D eigenvalue weighted by molar-refractivity contribution is 5.81. The molecule has 7 heteroatoms. The molecule has 1 fully saturated rings. The molecule has 98 valence electrons. The number of carbonyl (C=O) groups excluding carboxylic acids is 1. The van der Waals surface area contributed by atoms with Crippen molar-refractivity contribution in [3.63, 3.8) is 0 Å². The molecule has 0 spiro atoms. The summed E-state index contributed by atoms with van der Waals surface area (Å²) in [5, 5.41) is 0. The van der Waals surface area contributed by atoms with Gasteiger partial charge in [0.15, 0.2) is 17.7 Å². The number of ether oxygens (including phenoxy) is 1. The van der Waals surface area contributed by atoms with Crippen molar-refractivity contribution in [2.24, 2.45) is 0 Å². The Kier molecular flexibility index (Phi) is 3.71. The zero-order chi connectivity index (χ0) is 13.1. The molecule has 0 saturated carbocycles. The van der Waals surface area contributed by atoms with Crippen molar-refractivity contribution in [2.75, 3.05) is 38.7 Å². The molecule has 0 N–H and O–H groups in total. The standard InChI is InChI=1S/C11H15FN4O2/c1-15(2)11(17)9-6-16(3-4-18-9)10-8(12)5-13-7-14-10/h5,7,9H,3-4,6H2,1-2H3. The van der Waals surface area contributed by atoms with E-state index in [9.17, 15) is 9.18 Å². The SMILES string of the molecule is CN(C)C(=O)C1CN(c2ncncc2F)CCO1. The lowest BCUT2D eigenvalue weighted by Crippen LogP contribution is -2.50. The summed E-state index contributed by atoms with van der Waals surface area (Å²) in [6.45, 7) is 1.17. The van der Waals surface area contributed by atoms with Gasteiger partial charge in [0.05, 0.1) is 19.3 Å². The predicted octanol–water partition coefficient (Wildman–Crippen LogP) is -0.0909. The molecule has 0 aliphatic carbocycles. The van der Waals surface area contributed by atoms with E-state index >= 15 is 0 Å². The molecule has 0 bridgehead atoms. The quantitative estimate of drug-likeness (QED) is 0.738. The molecule has 1 aromatic rings. The monoisotopic (exact) mass is 254 g/mol. The van der Waals surface area contributed by atoms with Crippen LogP contribution in [0.3, 0.4) is 0 Å². The van der Waals surface area contributed by atoms with E-state index in [1.807, 2.05) is 0 Å². The van der Waals surface area contributed by atoms with Crippen LogP contribution in [0.25, 0.3) is 0 Å². The van der Waals surface area contributed by atoms with E-state index in [1.54, 1.807) is 19.0 Å². The molecule has 1 atom stereocenters. The summed E-state index contributed by atoms with van der Waals surface area (Å²) >= 11 is 0. The van der Waals surface area contributed by atoms with Gasteiger partial charge in [0.1, 0.15) is 6.33 Å². The van der Waals surface area contributed by atoms with Gasteiger partial charge in [-0.05, 0) is 0 Å². The van der Waals surface area contributed by atoms with Gasteiger partial charge < -0.3 is 14.5 Å². The van der Waals surface area contributed by atoms with Crippen molar-refractivity contribution in [3.8, 4) is 0 Å². The first-order valence-electron chi connectivity index (χ1n) is 5.63. The van der Waals surface area contributed by atoms with Crippen molar-refractivity contribution >= 4 is 11.7 Å². The van der Waals surface area contributed by atoms with Gasteiger partial charge in [-0.15, -0.1) is 0 Å². The average molecular weight is 254 g/mol. The van der Waals surface area contributed by atoms with Crippen LogP contribution in [0.5, 0.6) is 0 Å². The summed E-state index contributed by atoms with van der Waals surface area (Å²) in [5.74, 6) is -0.408. The molecule has 2 rings (SSSR count). The van der Waals surface area contributed by atoms with Crippen molar-refractivity contribution in [3.05, 3.63) is 18.3 Å². The fraction of sp³-hybridized carbons (Fsp3) is 0.545. The number of likely N-dealkylation sites (N-methyl/N-ethyl adjacent to an activating group) is 1. The molecule has 0 radical (unpaired) electrons. The Labute approximate surface area is 104 Å². The van der Waals surface area contributed by atoms with Crippen molar-refractivity contribution in [1.82, 2.24) is 14.9 Å². The molecule has 1 amide bonds. The minimum Gasteiger partial charge on any atom is -0.365 e. The Balaban J connectivity index is 2.12. The second-order valence-electron chi connectivity index (χ2n) is 4.23. The van der Waals surface area contributed by atoms with Crippen LogP contribution in [0.1, 0.15) is 0 Å². The van der Waals surface area contributed by atoms with E-state index in [4.69, 9.17) is 4.74 Å². The van der Waals surface area contributed by atoms with Gasteiger partial charge in [-0.1, -0.05) is 0 Å². The fourth-order valence-corrected chi connectivity index (χ4v) is 1.82. The Bertz CT molecular complexity index is 441. The van der Waals surface area contributed by atoms with Crippen LogP contribution in [-0.2, 0) is 9.53 Å². The third kappa shape index (κ3) is 2.56. The van der Waals surface area contributed by atoms with Crippen LogP contribution in [0, 0.1) is 5.82 Å². The van der Waals surface area contributed by atoms with E-state index < -0.39 is 11.9 Å². The summed E-state index contributed by atoms with van der Waals surface area (Å²) in [4.78, 5) is 22.5. The second-order valence-corrected chi connectivity index (χ2v) is 4.23. The maximum Gasteiger partial charge on any atom is 0.253 e. The molecule has 18 heavy (non-hydrogen) atoms. The highest BCUT2D eigenvalue weighted by Crippen LogP contribution is 2.18. The third-order valence-corrected chi connectivity index (χ3v) is 2.73. The molecule has 6 nitrogen and oxygen atoms in total. The van der Waals surface area contributed by atoms with E-state index in [0.717, 1.165) is 6.20 Å². The fourth-order valence-electron chi connectivity index (χ4n) is 1.82. The number of halogens is 1. The lowest BCUT2D eigenvalue weighted by molar-refractivity contribution is -0.141. The molecular weight excluding hydrogens is 239 g/mol. The minimum absolute atomic E-state index is 0.130. The molecule has 2 heterocycles. The number of hydrogen-bond donors (Lipinski definition) is 0. The van der Waals surface area contributed by atoms with E-state index in [2.05, 4.69) is 9.97 Å². The first-order chi connectivity index (χ1) is 8.59. The Morgan fingerprint density at radius 3 is 3.06 bits per heavy atom. The predicted molar refractivity (Wildman–Crippen MR) is 62.6 cm³/mol. The number of hydrogen-bond acceptors (Lipinski definition) is 5. The lowest BCUT2D eigenvalue weighted by atomic mass is 10.2. The molecule has 1 aliphatic heterocycles. The first-order valence-corrected chi connectivity index (χ1v) is 5.63. The maximum absolute atomic E-state index is 13.6. The molecule has 0 aromatic carbocycles. The highest BCUT2D eigenvalue weighted by Gasteiger charge is 2.29. The van der Waals surface area contributed by atoms with Gasteiger partial charge >= 0.3 is 0 Å². The number of rotatable bonds is 2. The molecule has 1 aliphatic rings. The van der Waals surface area contributed by atoms with E-state index in [0.29, 0.717) is 19.7 Å². The van der Waals surface area contributed by atoms with Crippen LogP contribution in [0.4, 0.5) is 10.2 Å². The number of nitrogens with zero attached hydrogens (tertiary/aromatic N) is 4. The Hall–Kier alpha value is -1.76. The lowest BCUT2D eigenvalue weighted by Gasteiger charge is -2.33. The molecule has 1 unspecified atom stereocenters. The van der Waals surface area contributed by atoms with E-state index in [-0.39, 0.29) is 11.7 Å². The van der Waals surface area contributed by atoms with Gasteiger partial charge in [0.25, 0.3) is 5.91 Å². The normalized spacial score (nSPS) is 19.7. The summed E-state index contributed by atoms with van der Waals surface area (Å²) in [6, 6.07) is 0. The average Bonchev–Trinajstić information content (AvgIpc) is 2.38. The minimum atomic E-state index is -0.580. The second kappa shape index (κ2) is 5.26. The number of amides is 1. The van der Waals surface area contributed by atoms with Crippen molar-refractivity contribution in [1.29, 1.82) is 0 Å². The van der Waals surface area contributed by atoms with Crippen LogP contribution >= 0.6 is 0 Å². The number of aromatic nitrogens is 2. The zero-order valence-corrected chi connectivity index (χ0v) is 10.3. The third-order valence-electron chi connectivity index (χ3n) is 2.73. The molecular formula is C11H15FN4O2. The van der Waals surface area contributed by atoms with Gasteiger partial charge in [-0.25, -0.2) is 14.4 Å². The zero-order valence-electron chi connectivity index (χ0n) is 10.3. The van der Waals surface area contributed by atoms with Crippen LogP contribution in [-0.4, -0.2) is 60.7 Å². The summed E-state index contributed by atoms with van der Waals surface area (Å²) in [7, 11) is 3.33.